The van der Waals surface area contributed by atoms with Crippen molar-refractivity contribution in [1.82, 2.24) is 24.1 Å². The normalized spacial score (nSPS) is 11.6. The lowest BCUT2D eigenvalue weighted by molar-refractivity contribution is 0.415. The molecule has 4 aromatic heterocycles. The Morgan fingerprint density at radius 1 is 1.06 bits per heavy atom. The Morgan fingerprint density at radius 2 is 1.91 bits per heavy atom. The van der Waals surface area contributed by atoms with Gasteiger partial charge < -0.3 is 14.3 Å². The van der Waals surface area contributed by atoms with Crippen molar-refractivity contribution in [1.29, 1.82) is 0 Å². The summed E-state index contributed by atoms with van der Waals surface area (Å²) >= 11 is 0. The van der Waals surface area contributed by atoms with E-state index in [-0.39, 0.29) is 5.56 Å². The average molecular weight is 464 g/mol. The Hall–Kier alpha value is -4.39. The van der Waals surface area contributed by atoms with Crippen molar-refractivity contribution in [2.75, 3.05) is 7.11 Å². The summed E-state index contributed by atoms with van der Waals surface area (Å²) in [4.78, 5) is 21.4. The number of benzene rings is 2. The molecule has 0 aliphatic carbocycles. The van der Waals surface area contributed by atoms with Crippen LogP contribution in [-0.2, 0) is 19.4 Å². The number of rotatable bonds is 6. The zero-order chi connectivity index (χ0) is 23.9. The van der Waals surface area contributed by atoms with Crippen LogP contribution in [0.5, 0.6) is 5.75 Å². The van der Waals surface area contributed by atoms with E-state index >= 15 is 0 Å². The first-order valence-electron chi connectivity index (χ1n) is 11.8. The molecule has 0 saturated heterocycles. The molecule has 2 aromatic carbocycles. The molecule has 0 aliphatic rings. The molecule has 35 heavy (non-hydrogen) atoms. The molecule has 6 rings (SSSR count). The van der Waals surface area contributed by atoms with Gasteiger partial charge in [0.1, 0.15) is 5.75 Å². The van der Waals surface area contributed by atoms with E-state index in [1.807, 2.05) is 59.4 Å². The Kier molecular flexibility index (Phi) is 5.10. The largest absolute Gasteiger partial charge is 0.497 e. The molecule has 0 saturated carbocycles. The van der Waals surface area contributed by atoms with Crippen molar-refractivity contribution >= 4 is 27.5 Å². The first-order chi connectivity index (χ1) is 17.2. The molecule has 0 unspecified atom stereocenters. The number of aromatic nitrogens is 5. The van der Waals surface area contributed by atoms with E-state index < -0.39 is 0 Å². The van der Waals surface area contributed by atoms with Gasteiger partial charge in [0, 0.05) is 41.6 Å². The molecule has 0 radical (unpaired) electrons. The van der Waals surface area contributed by atoms with E-state index in [2.05, 4.69) is 24.0 Å². The molecule has 7 heteroatoms. The monoisotopic (exact) mass is 463 g/mol. The fraction of sp³-hybridized carbons (Fsp3) is 0.179. The van der Waals surface area contributed by atoms with Crippen LogP contribution in [0.4, 0.5) is 0 Å². The Bertz CT molecular complexity index is 1740. The summed E-state index contributed by atoms with van der Waals surface area (Å²) in [7, 11) is 1.67. The molecule has 0 amide bonds. The van der Waals surface area contributed by atoms with Crippen LogP contribution in [0, 0.1) is 0 Å². The van der Waals surface area contributed by atoms with Gasteiger partial charge in [-0.2, -0.15) is 5.10 Å². The molecule has 0 aliphatic heterocycles. The number of hydrogen-bond acceptors (Lipinski definition) is 4. The maximum atomic E-state index is 13.4. The molecule has 174 valence electrons. The number of hydrogen-bond donors (Lipinski definition) is 1. The molecular formula is C28H25N5O2. The Labute approximate surface area is 201 Å². The summed E-state index contributed by atoms with van der Waals surface area (Å²) in [6, 6.07) is 18.1. The second-order valence-electron chi connectivity index (χ2n) is 8.62. The topological polar surface area (TPSA) is 77.2 Å². The smallest absolute Gasteiger partial charge is 0.261 e. The SMILES string of the molecule is CCc1nn2c(ncc3c(=O)n(CCc4c[nH]c5ccc(OC)cc45)ccc32)c1-c1ccccc1. The first-order valence-corrected chi connectivity index (χ1v) is 11.8. The van der Waals surface area contributed by atoms with E-state index in [9.17, 15) is 4.79 Å². The standard InChI is InChI=1S/C28H25N5O2/c1-3-23-26(18-7-5-4-6-8-18)27-30-17-22-25(33(27)31-23)12-14-32(28(22)34)13-11-19-16-29-24-10-9-20(35-2)15-21(19)24/h4-10,12,14-17,29H,3,11,13H2,1-2H3. The van der Waals surface area contributed by atoms with Gasteiger partial charge in [0.2, 0.25) is 0 Å². The number of aryl methyl sites for hydroxylation is 3. The summed E-state index contributed by atoms with van der Waals surface area (Å²) in [5, 5.41) is 6.50. The highest BCUT2D eigenvalue weighted by Crippen LogP contribution is 2.29. The van der Waals surface area contributed by atoms with Gasteiger partial charge in [0.25, 0.3) is 5.56 Å². The van der Waals surface area contributed by atoms with Crippen LogP contribution in [0.3, 0.4) is 0 Å². The summed E-state index contributed by atoms with van der Waals surface area (Å²) in [6.07, 6.45) is 7.04. The summed E-state index contributed by atoms with van der Waals surface area (Å²) in [6.45, 7) is 2.65. The predicted molar refractivity (Wildman–Crippen MR) is 138 cm³/mol. The maximum absolute atomic E-state index is 13.4. The van der Waals surface area contributed by atoms with Gasteiger partial charge in [0.05, 0.1) is 23.7 Å². The highest BCUT2D eigenvalue weighted by Gasteiger charge is 2.17. The summed E-state index contributed by atoms with van der Waals surface area (Å²) in [5.74, 6) is 0.817. The van der Waals surface area contributed by atoms with E-state index in [1.54, 1.807) is 17.9 Å². The fourth-order valence-electron chi connectivity index (χ4n) is 4.81. The second-order valence-corrected chi connectivity index (χ2v) is 8.62. The van der Waals surface area contributed by atoms with Gasteiger partial charge in [0.15, 0.2) is 5.65 Å². The minimum atomic E-state index is -0.0656. The number of ether oxygens (including phenoxy) is 1. The van der Waals surface area contributed by atoms with Gasteiger partial charge >= 0.3 is 0 Å². The van der Waals surface area contributed by atoms with Gasteiger partial charge in [-0.15, -0.1) is 0 Å². The van der Waals surface area contributed by atoms with Crippen molar-refractivity contribution < 1.29 is 4.74 Å². The zero-order valence-corrected chi connectivity index (χ0v) is 19.7. The van der Waals surface area contributed by atoms with E-state index in [4.69, 9.17) is 14.8 Å². The number of fused-ring (bicyclic) bond motifs is 4. The van der Waals surface area contributed by atoms with Crippen molar-refractivity contribution in [3.8, 4) is 16.9 Å². The van der Waals surface area contributed by atoms with Gasteiger partial charge in [-0.05, 0) is 48.2 Å². The average Bonchev–Trinajstić information content (AvgIpc) is 3.49. The highest BCUT2D eigenvalue weighted by molar-refractivity contribution is 5.87. The third kappa shape index (κ3) is 3.47. The molecule has 0 bridgehead atoms. The number of pyridine rings is 1. The molecule has 6 aromatic rings. The van der Waals surface area contributed by atoms with Crippen LogP contribution in [0.1, 0.15) is 18.2 Å². The van der Waals surface area contributed by atoms with E-state index in [1.165, 1.54) is 0 Å². The molecular weight excluding hydrogens is 438 g/mol. The molecule has 0 fully saturated rings. The molecule has 0 spiro atoms. The summed E-state index contributed by atoms with van der Waals surface area (Å²) in [5.41, 5.74) is 6.74. The number of aromatic amines is 1. The number of nitrogens with one attached hydrogen (secondary N) is 1. The number of H-pyrrole nitrogens is 1. The molecule has 1 N–H and O–H groups in total. The Morgan fingerprint density at radius 3 is 2.71 bits per heavy atom. The molecule has 4 heterocycles. The van der Waals surface area contributed by atoms with E-state index in [0.717, 1.165) is 56.6 Å². The lowest BCUT2D eigenvalue weighted by atomic mass is 10.0. The maximum Gasteiger partial charge on any atom is 0.261 e. The lowest BCUT2D eigenvalue weighted by Gasteiger charge is -2.08. The van der Waals surface area contributed by atoms with Crippen molar-refractivity contribution in [2.24, 2.45) is 0 Å². The van der Waals surface area contributed by atoms with E-state index in [0.29, 0.717) is 18.4 Å². The quantitative estimate of drug-likeness (QED) is 0.377. The third-order valence-electron chi connectivity index (χ3n) is 6.65. The number of nitrogens with zero attached hydrogens (tertiary/aromatic N) is 4. The third-order valence-corrected chi connectivity index (χ3v) is 6.65. The minimum absolute atomic E-state index is 0.0656. The van der Waals surface area contributed by atoms with Gasteiger partial charge in [-0.1, -0.05) is 37.3 Å². The fourth-order valence-corrected chi connectivity index (χ4v) is 4.81. The van der Waals surface area contributed by atoms with Crippen molar-refractivity contribution in [3.63, 3.8) is 0 Å². The van der Waals surface area contributed by atoms with Crippen LogP contribution in [-0.4, -0.2) is 31.3 Å². The highest BCUT2D eigenvalue weighted by atomic mass is 16.5. The lowest BCUT2D eigenvalue weighted by Crippen LogP contribution is -2.21. The van der Waals surface area contributed by atoms with Crippen molar-refractivity contribution in [3.05, 3.63) is 94.8 Å². The second kappa shape index (κ2) is 8.43. The summed E-state index contributed by atoms with van der Waals surface area (Å²) < 4.78 is 8.93. The van der Waals surface area contributed by atoms with Gasteiger partial charge in [-0.25, -0.2) is 9.50 Å². The van der Waals surface area contributed by atoms with Crippen LogP contribution < -0.4 is 10.3 Å². The first kappa shape index (κ1) is 21.2. The van der Waals surface area contributed by atoms with Crippen LogP contribution in [0.15, 0.2) is 78.0 Å². The van der Waals surface area contributed by atoms with Crippen LogP contribution in [0.2, 0.25) is 0 Å². The van der Waals surface area contributed by atoms with Crippen LogP contribution >= 0.6 is 0 Å². The number of methoxy groups -OCH3 is 1. The van der Waals surface area contributed by atoms with Gasteiger partial charge in [-0.3, -0.25) is 4.79 Å². The predicted octanol–water partition coefficient (Wildman–Crippen LogP) is 5.01. The van der Waals surface area contributed by atoms with Crippen LogP contribution in [0.25, 0.3) is 38.6 Å². The molecule has 7 nitrogen and oxygen atoms in total. The molecule has 0 atom stereocenters. The minimum Gasteiger partial charge on any atom is -0.497 e. The zero-order valence-electron chi connectivity index (χ0n) is 19.7. The Balaban J connectivity index is 1.39. The van der Waals surface area contributed by atoms with Crippen molar-refractivity contribution in [2.45, 2.75) is 26.3 Å².